The second-order valence-electron chi connectivity index (χ2n) is 4.13. The summed E-state index contributed by atoms with van der Waals surface area (Å²) >= 11 is 13.5. The van der Waals surface area contributed by atoms with Gasteiger partial charge < -0.3 is 10.1 Å². The van der Waals surface area contributed by atoms with Crippen LogP contribution in [0, 0.1) is 6.92 Å². The summed E-state index contributed by atoms with van der Waals surface area (Å²) in [5.74, 6) is 0.739. The lowest BCUT2D eigenvalue weighted by molar-refractivity contribution is 0.314. The van der Waals surface area contributed by atoms with Crippen LogP contribution in [0.15, 0.2) is 29.6 Å². The van der Waals surface area contributed by atoms with Crippen LogP contribution in [-0.2, 0) is 6.54 Å². The third-order valence-electron chi connectivity index (χ3n) is 2.69. The SMILES string of the molecule is Cc1ccsc1CNCCOc1ccc(Cl)c(Cl)c1. The van der Waals surface area contributed by atoms with Crippen molar-refractivity contribution in [2.45, 2.75) is 13.5 Å². The molecule has 0 radical (unpaired) electrons. The summed E-state index contributed by atoms with van der Waals surface area (Å²) in [7, 11) is 0. The molecule has 0 unspecified atom stereocenters. The number of hydrogen-bond acceptors (Lipinski definition) is 3. The van der Waals surface area contributed by atoms with Gasteiger partial charge in [-0.05, 0) is 36.1 Å². The van der Waals surface area contributed by atoms with Crippen LogP contribution in [0.5, 0.6) is 5.75 Å². The molecule has 0 saturated carbocycles. The van der Waals surface area contributed by atoms with Crippen LogP contribution in [0.2, 0.25) is 10.0 Å². The van der Waals surface area contributed by atoms with Gasteiger partial charge in [-0.25, -0.2) is 0 Å². The molecular weight excluding hydrogens is 301 g/mol. The third-order valence-corrected chi connectivity index (χ3v) is 4.45. The molecule has 2 aromatic rings. The van der Waals surface area contributed by atoms with Crippen molar-refractivity contribution >= 4 is 34.5 Å². The molecule has 0 aliphatic rings. The van der Waals surface area contributed by atoms with Crippen LogP contribution in [0.4, 0.5) is 0 Å². The fourth-order valence-corrected chi connectivity index (χ4v) is 2.76. The quantitative estimate of drug-likeness (QED) is 0.791. The molecule has 0 amide bonds. The van der Waals surface area contributed by atoms with E-state index in [1.54, 1.807) is 23.5 Å². The topological polar surface area (TPSA) is 21.3 Å². The van der Waals surface area contributed by atoms with Gasteiger partial charge in [-0.15, -0.1) is 11.3 Å². The van der Waals surface area contributed by atoms with Gasteiger partial charge in [0.1, 0.15) is 12.4 Å². The van der Waals surface area contributed by atoms with Crippen molar-refractivity contribution in [1.29, 1.82) is 0 Å². The molecule has 0 bridgehead atoms. The van der Waals surface area contributed by atoms with Crippen molar-refractivity contribution in [1.82, 2.24) is 5.32 Å². The molecule has 0 atom stereocenters. The van der Waals surface area contributed by atoms with Crippen LogP contribution in [0.25, 0.3) is 0 Å². The fraction of sp³-hybridized carbons (Fsp3) is 0.286. The lowest BCUT2D eigenvalue weighted by Gasteiger charge is -2.08. The summed E-state index contributed by atoms with van der Waals surface area (Å²) in [5.41, 5.74) is 1.34. The molecule has 0 saturated heterocycles. The second kappa shape index (κ2) is 7.15. The summed E-state index contributed by atoms with van der Waals surface area (Å²) in [5, 5.41) is 6.52. The van der Waals surface area contributed by atoms with E-state index in [4.69, 9.17) is 27.9 Å². The van der Waals surface area contributed by atoms with E-state index < -0.39 is 0 Å². The number of rotatable bonds is 6. The Kier molecular flexibility index (Phi) is 5.52. The number of hydrogen-bond donors (Lipinski definition) is 1. The Balaban J connectivity index is 1.69. The van der Waals surface area contributed by atoms with E-state index >= 15 is 0 Å². The first-order valence-electron chi connectivity index (χ1n) is 5.98. The number of halogens is 2. The van der Waals surface area contributed by atoms with Gasteiger partial charge in [-0.3, -0.25) is 0 Å². The van der Waals surface area contributed by atoms with Crippen molar-refractivity contribution in [3.63, 3.8) is 0 Å². The molecule has 0 fully saturated rings. The highest BCUT2D eigenvalue weighted by molar-refractivity contribution is 7.10. The molecule has 5 heteroatoms. The normalized spacial score (nSPS) is 10.7. The maximum Gasteiger partial charge on any atom is 0.120 e. The first kappa shape index (κ1) is 14.7. The van der Waals surface area contributed by atoms with Crippen molar-refractivity contribution in [3.8, 4) is 5.75 Å². The number of ether oxygens (including phenoxy) is 1. The van der Waals surface area contributed by atoms with Gasteiger partial charge in [-0.1, -0.05) is 23.2 Å². The summed E-state index contributed by atoms with van der Waals surface area (Å²) < 4.78 is 5.59. The predicted molar refractivity (Wildman–Crippen MR) is 82.7 cm³/mol. The number of benzene rings is 1. The lowest BCUT2D eigenvalue weighted by atomic mass is 10.3. The molecule has 1 heterocycles. The zero-order chi connectivity index (χ0) is 13.7. The molecule has 0 aliphatic heterocycles. The van der Waals surface area contributed by atoms with Gasteiger partial charge in [0.05, 0.1) is 10.0 Å². The molecule has 2 rings (SSSR count). The minimum Gasteiger partial charge on any atom is -0.492 e. The molecule has 19 heavy (non-hydrogen) atoms. The third kappa shape index (κ3) is 4.39. The van der Waals surface area contributed by atoms with Crippen molar-refractivity contribution < 1.29 is 4.74 Å². The molecule has 102 valence electrons. The Morgan fingerprint density at radius 3 is 2.74 bits per heavy atom. The lowest BCUT2D eigenvalue weighted by Crippen LogP contribution is -2.20. The molecule has 1 aromatic heterocycles. The van der Waals surface area contributed by atoms with Crippen LogP contribution in [0.1, 0.15) is 10.4 Å². The smallest absolute Gasteiger partial charge is 0.120 e. The Morgan fingerprint density at radius 2 is 2.05 bits per heavy atom. The average molecular weight is 316 g/mol. The maximum atomic E-state index is 5.91. The van der Waals surface area contributed by atoms with E-state index in [2.05, 4.69) is 23.7 Å². The summed E-state index contributed by atoms with van der Waals surface area (Å²) in [4.78, 5) is 1.37. The van der Waals surface area contributed by atoms with Gasteiger partial charge in [0, 0.05) is 24.0 Å². The first-order chi connectivity index (χ1) is 9.16. The summed E-state index contributed by atoms with van der Waals surface area (Å²) in [6.07, 6.45) is 0. The fourth-order valence-electron chi connectivity index (χ4n) is 1.59. The minimum absolute atomic E-state index is 0.515. The molecule has 0 spiro atoms. The van der Waals surface area contributed by atoms with E-state index in [9.17, 15) is 0 Å². The van der Waals surface area contributed by atoms with Crippen molar-refractivity contribution in [3.05, 3.63) is 50.1 Å². The molecule has 0 aliphatic carbocycles. The molecular formula is C14H15Cl2NOS. The average Bonchev–Trinajstić information content (AvgIpc) is 2.79. The number of aryl methyl sites for hydroxylation is 1. The zero-order valence-corrected chi connectivity index (χ0v) is 12.9. The van der Waals surface area contributed by atoms with E-state index in [0.29, 0.717) is 16.7 Å². The molecule has 1 N–H and O–H groups in total. The Morgan fingerprint density at radius 1 is 1.21 bits per heavy atom. The first-order valence-corrected chi connectivity index (χ1v) is 7.62. The molecule has 2 nitrogen and oxygen atoms in total. The predicted octanol–water partition coefficient (Wildman–Crippen LogP) is 4.53. The maximum absolute atomic E-state index is 5.91. The van der Waals surface area contributed by atoms with E-state index in [1.807, 2.05) is 6.07 Å². The van der Waals surface area contributed by atoms with Crippen LogP contribution >= 0.6 is 34.5 Å². The largest absolute Gasteiger partial charge is 0.492 e. The van der Waals surface area contributed by atoms with Crippen molar-refractivity contribution in [2.75, 3.05) is 13.2 Å². The van der Waals surface area contributed by atoms with Crippen LogP contribution in [-0.4, -0.2) is 13.2 Å². The summed E-state index contributed by atoms with van der Waals surface area (Å²) in [6, 6.07) is 7.42. The minimum atomic E-state index is 0.515. The van der Waals surface area contributed by atoms with Gasteiger partial charge in [0.2, 0.25) is 0 Å². The number of nitrogens with one attached hydrogen (secondary N) is 1. The summed E-state index contributed by atoms with van der Waals surface area (Å²) in [6.45, 7) is 4.40. The van der Waals surface area contributed by atoms with Gasteiger partial charge >= 0.3 is 0 Å². The Hall–Kier alpha value is -0.740. The Bertz CT molecular complexity index is 542. The van der Waals surface area contributed by atoms with Gasteiger partial charge in [-0.2, -0.15) is 0 Å². The highest BCUT2D eigenvalue weighted by Gasteiger charge is 2.01. The Labute approximate surface area is 127 Å². The monoisotopic (exact) mass is 315 g/mol. The zero-order valence-electron chi connectivity index (χ0n) is 10.6. The van der Waals surface area contributed by atoms with Crippen LogP contribution < -0.4 is 10.1 Å². The highest BCUT2D eigenvalue weighted by atomic mass is 35.5. The van der Waals surface area contributed by atoms with Gasteiger partial charge in [0.15, 0.2) is 0 Å². The van der Waals surface area contributed by atoms with E-state index in [-0.39, 0.29) is 0 Å². The van der Waals surface area contributed by atoms with E-state index in [0.717, 1.165) is 18.8 Å². The standard InChI is InChI=1S/C14H15Cl2NOS/c1-10-4-7-19-14(10)9-17-5-6-18-11-2-3-12(15)13(16)8-11/h2-4,7-8,17H,5-6,9H2,1H3. The van der Waals surface area contributed by atoms with Crippen LogP contribution in [0.3, 0.4) is 0 Å². The second-order valence-corrected chi connectivity index (χ2v) is 5.94. The highest BCUT2D eigenvalue weighted by Crippen LogP contribution is 2.26. The van der Waals surface area contributed by atoms with Gasteiger partial charge in [0.25, 0.3) is 0 Å². The van der Waals surface area contributed by atoms with E-state index in [1.165, 1.54) is 10.4 Å². The van der Waals surface area contributed by atoms with Crippen molar-refractivity contribution in [2.24, 2.45) is 0 Å². The molecule has 1 aromatic carbocycles. The number of thiophene rings is 1.